The minimum absolute atomic E-state index is 0.0889. The third-order valence-electron chi connectivity index (χ3n) is 4.28. The molecule has 26 heavy (non-hydrogen) atoms. The van der Waals surface area contributed by atoms with Gasteiger partial charge in [0.15, 0.2) is 0 Å². The summed E-state index contributed by atoms with van der Waals surface area (Å²) < 4.78 is 5.44. The largest absolute Gasteiger partial charge is 0.444 e. The Labute approximate surface area is 154 Å². The molecule has 1 aliphatic heterocycles. The molecular formula is C19H27N3O4. The number of aromatic nitrogens is 1. The van der Waals surface area contributed by atoms with Crippen molar-refractivity contribution in [2.45, 2.75) is 53.2 Å². The molecule has 142 valence electrons. The van der Waals surface area contributed by atoms with Crippen molar-refractivity contribution in [2.24, 2.45) is 5.41 Å². The zero-order chi connectivity index (χ0) is 19.9. The van der Waals surface area contributed by atoms with Gasteiger partial charge in [0.05, 0.1) is 23.7 Å². The van der Waals surface area contributed by atoms with Crippen LogP contribution in [0.15, 0.2) is 18.5 Å². The second-order valence-corrected chi connectivity index (χ2v) is 8.62. The van der Waals surface area contributed by atoms with Crippen molar-refractivity contribution in [3.63, 3.8) is 0 Å². The number of nitrogens with zero attached hydrogens (tertiary/aromatic N) is 3. The molecule has 0 spiro atoms. The maximum Gasteiger partial charge on any atom is 0.410 e. The minimum Gasteiger partial charge on any atom is -0.444 e. The van der Waals surface area contributed by atoms with E-state index in [1.807, 2.05) is 20.8 Å². The number of hydrogen-bond donors (Lipinski definition) is 0. The zero-order valence-electron chi connectivity index (χ0n) is 16.5. The van der Waals surface area contributed by atoms with Crippen LogP contribution in [0.1, 0.15) is 62.3 Å². The summed E-state index contributed by atoms with van der Waals surface area (Å²) in [7, 11) is 1.63. The van der Waals surface area contributed by atoms with Crippen LogP contribution in [0, 0.1) is 5.41 Å². The van der Waals surface area contributed by atoms with E-state index >= 15 is 0 Å². The van der Waals surface area contributed by atoms with Gasteiger partial charge in [-0.3, -0.25) is 19.5 Å². The predicted octanol–water partition coefficient (Wildman–Crippen LogP) is 2.96. The maximum atomic E-state index is 12.6. The molecule has 0 saturated heterocycles. The molecule has 7 heteroatoms. The van der Waals surface area contributed by atoms with Gasteiger partial charge in [-0.15, -0.1) is 0 Å². The van der Waals surface area contributed by atoms with Crippen LogP contribution in [0.5, 0.6) is 0 Å². The van der Waals surface area contributed by atoms with Crippen LogP contribution in [-0.4, -0.2) is 57.9 Å². The standard InChI is InChI=1S/C19H27N3O4/c1-18(2,3)14(21(7)17(25)26-19(4,5)6)11-22-15(23)12-8-9-20-10-13(12)16(22)24/h8-10,14H,11H2,1-7H3/t14-/m1/s1. The van der Waals surface area contributed by atoms with E-state index in [1.165, 1.54) is 22.2 Å². The Bertz CT molecular complexity index is 696. The molecule has 0 radical (unpaired) electrons. The fraction of sp³-hybridized carbons (Fsp3) is 0.579. The first-order valence-corrected chi connectivity index (χ1v) is 8.59. The van der Waals surface area contributed by atoms with Gasteiger partial charge in [-0.05, 0) is 32.3 Å². The summed E-state index contributed by atoms with van der Waals surface area (Å²) in [4.78, 5) is 44.3. The molecule has 3 amide bonds. The van der Waals surface area contributed by atoms with E-state index in [0.29, 0.717) is 11.1 Å². The molecule has 7 nitrogen and oxygen atoms in total. The van der Waals surface area contributed by atoms with Crippen molar-refractivity contribution >= 4 is 17.9 Å². The number of rotatable bonds is 3. The summed E-state index contributed by atoms with van der Waals surface area (Å²) in [6.45, 7) is 11.3. The van der Waals surface area contributed by atoms with Gasteiger partial charge in [0.1, 0.15) is 5.60 Å². The fourth-order valence-corrected chi connectivity index (χ4v) is 2.91. The van der Waals surface area contributed by atoms with Crippen molar-refractivity contribution in [1.82, 2.24) is 14.8 Å². The number of imide groups is 1. The summed E-state index contributed by atoms with van der Waals surface area (Å²) in [5.41, 5.74) is -0.364. The summed E-state index contributed by atoms with van der Waals surface area (Å²) in [6.07, 6.45) is 2.40. The quantitative estimate of drug-likeness (QED) is 0.773. The first-order chi connectivity index (χ1) is 11.8. The van der Waals surface area contributed by atoms with Gasteiger partial charge in [0.2, 0.25) is 0 Å². The summed E-state index contributed by atoms with van der Waals surface area (Å²) in [5, 5.41) is 0. The van der Waals surface area contributed by atoms with Crippen LogP contribution in [0.3, 0.4) is 0 Å². The fourth-order valence-electron chi connectivity index (χ4n) is 2.91. The normalized spacial score (nSPS) is 15.7. The summed E-state index contributed by atoms with van der Waals surface area (Å²) >= 11 is 0. The highest BCUT2D eigenvalue weighted by Crippen LogP contribution is 2.29. The van der Waals surface area contributed by atoms with Crippen LogP contribution in [0.25, 0.3) is 0 Å². The number of ether oxygens (including phenoxy) is 1. The minimum atomic E-state index is -0.630. The highest BCUT2D eigenvalue weighted by Gasteiger charge is 2.41. The Morgan fingerprint density at radius 1 is 1.15 bits per heavy atom. The molecule has 0 bridgehead atoms. The predicted molar refractivity (Wildman–Crippen MR) is 96.8 cm³/mol. The van der Waals surface area contributed by atoms with Gasteiger partial charge in [0.25, 0.3) is 11.8 Å². The lowest BCUT2D eigenvalue weighted by molar-refractivity contribution is 0.00425. The Kier molecular flexibility index (Phi) is 5.12. The van der Waals surface area contributed by atoms with Gasteiger partial charge in [0, 0.05) is 19.4 Å². The third-order valence-corrected chi connectivity index (χ3v) is 4.28. The van der Waals surface area contributed by atoms with Crippen LogP contribution in [0.2, 0.25) is 0 Å². The molecular weight excluding hydrogens is 334 g/mol. The van der Waals surface area contributed by atoms with Gasteiger partial charge >= 0.3 is 6.09 Å². The molecule has 2 rings (SSSR count). The molecule has 0 fully saturated rings. The molecule has 0 N–H and O–H groups in total. The van der Waals surface area contributed by atoms with Gasteiger partial charge in [-0.2, -0.15) is 0 Å². The summed E-state index contributed by atoms with van der Waals surface area (Å²) in [5.74, 6) is -0.746. The number of amides is 3. The molecule has 1 aromatic rings. The first-order valence-electron chi connectivity index (χ1n) is 8.59. The molecule has 1 atom stereocenters. The van der Waals surface area contributed by atoms with Crippen LogP contribution >= 0.6 is 0 Å². The molecule has 1 aromatic heterocycles. The van der Waals surface area contributed by atoms with Gasteiger partial charge < -0.3 is 9.64 Å². The Morgan fingerprint density at radius 2 is 1.73 bits per heavy atom. The lowest BCUT2D eigenvalue weighted by atomic mass is 9.85. The number of carbonyl (C=O) groups is 3. The Balaban J connectivity index is 2.26. The molecule has 0 aromatic carbocycles. The van der Waals surface area contributed by atoms with E-state index in [9.17, 15) is 14.4 Å². The van der Waals surface area contributed by atoms with Crippen molar-refractivity contribution < 1.29 is 19.1 Å². The average molecular weight is 361 g/mol. The van der Waals surface area contributed by atoms with E-state index < -0.39 is 17.7 Å². The maximum absolute atomic E-state index is 12.6. The van der Waals surface area contributed by atoms with Crippen LogP contribution < -0.4 is 0 Å². The lowest BCUT2D eigenvalue weighted by Crippen LogP contribution is -2.53. The number of hydrogen-bond acceptors (Lipinski definition) is 5. The molecule has 1 aliphatic rings. The van der Waals surface area contributed by atoms with Crippen LogP contribution in [0.4, 0.5) is 4.79 Å². The smallest absolute Gasteiger partial charge is 0.410 e. The van der Waals surface area contributed by atoms with E-state index in [0.717, 1.165) is 0 Å². The van der Waals surface area contributed by atoms with Crippen molar-refractivity contribution in [3.05, 3.63) is 29.6 Å². The molecule has 0 saturated carbocycles. The highest BCUT2D eigenvalue weighted by atomic mass is 16.6. The van der Waals surface area contributed by atoms with Gasteiger partial charge in [-0.25, -0.2) is 4.79 Å². The SMILES string of the molecule is CN(C(=O)OC(C)(C)C)[C@H](CN1C(=O)c2ccncc2C1=O)C(C)(C)C. The topological polar surface area (TPSA) is 79.8 Å². The van der Waals surface area contributed by atoms with Crippen LogP contribution in [-0.2, 0) is 4.74 Å². The molecule has 2 heterocycles. The molecule has 0 aliphatic carbocycles. The summed E-state index contributed by atoms with van der Waals surface area (Å²) in [6, 6.07) is 1.13. The Hall–Kier alpha value is -2.44. The van der Waals surface area contributed by atoms with Crippen molar-refractivity contribution in [1.29, 1.82) is 0 Å². The van der Waals surface area contributed by atoms with E-state index in [4.69, 9.17) is 4.74 Å². The lowest BCUT2D eigenvalue weighted by Gasteiger charge is -2.40. The molecule has 0 unspecified atom stereocenters. The number of pyridine rings is 1. The second-order valence-electron chi connectivity index (χ2n) is 8.62. The second kappa shape index (κ2) is 6.70. The van der Waals surface area contributed by atoms with E-state index in [1.54, 1.807) is 33.9 Å². The number of likely N-dealkylation sites (N-methyl/N-ethyl adjacent to an activating group) is 1. The number of carbonyl (C=O) groups excluding carboxylic acids is 3. The first kappa shape index (κ1) is 19.9. The highest BCUT2D eigenvalue weighted by molar-refractivity contribution is 6.21. The van der Waals surface area contributed by atoms with E-state index in [-0.39, 0.29) is 23.8 Å². The van der Waals surface area contributed by atoms with E-state index in [2.05, 4.69) is 4.98 Å². The monoisotopic (exact) mass is 361 g/mol. The average Bonchev–Trinajstić information content (AvgIpc) is 2.74. The zero-order valence-corrected chi connectivity index (χ0v) is 16.5. The van der Waals surface area contributed by atoms with Crippen molar-refractivity contribution in [3.8, 4) is 0 Å². The third kappa shape index (κ3) is 4.03. The Morgan fingerprint density at radius 3 is 2.23 bits per heavy atom. The van der Waals surface area contributed by atoms with Crippen molar-refractivity contribution in [2.75, 3.05) is 13.6 Å². The van der Waals surface area contributed by atoms with Gasteiger partial charge in [-0.1, -0.05) is 20.8 Å². The number of fused-ring (bicyclic) bond motifs is 1.